The van der Waals surface area contributed by atoms with Crippen LogP contribution in [0.1, 0.15) is 16.1 Å². The predicted molar refractivity (Wildman–Crippen MR) is 121 cm³/mol. The molecule has 158 valence electrons. The minimum atomic E-state index is -0.515. The number of halogens is 2. The van der Waals surface area contributed by atoms with Crippen molar-refractivity contribution in [2.45, 2.75) is 6.54 Å². The van der Waals surface area contributed by atoms with E-state index in [-0.39, 0.29) is 18.0 Å². The van der Waals surface area contributed by atoms with Gasteiger partial charge in [0.05, 0.1) is 0 Å². The average Bonchev–Trinajstić information content (AvgIpc) is 2.70. The third-order valence-electron chi connectivity index (χ3n) is 4.55. The van der Waals surface area contributed by atoms with Crippen molar-refractivity contribution in [1.29, 1.82) is 0 Å². The minimum absolute atomic E-state index is 0.0824. The second-order valence-electron chi connectivity index (χ2n) is 7.22. The maximum Gasteiger partial charge on any atom is 0.274 e. The number of amides is 1. The summed E-state index contributed by atoms with van der Waals surface area (Å²) in [4.78, 5) is 25.6. The predicted octanol–water partition coefficient (Wildman–Crippen LogP) is 3.57. The van der Waals surface area contributed by atoms with Crippen molar-refractivity contribution in [2.75, 3.05) is 39.1 Å². The topological polar surface area (TPSA) is 81.6 Å². The maximum atomic E-state index is 12.8. The van der Waals surface area contributed by atoms with E-state index in [0.717, 1.165) is 12.1 Å². The van der Waals surface area contributed by atoms with Gasteiger partial charge in [-0.25, -0.2) is 4.98 Å². The fourth-order valence-corrected chi connectivity index (χ4v) is 3.56. The first-order valence-corrected chi connectivity index (χ1v) is 10.1. The Bertz CT molecular complexity index is 1050. The number of hydrogen-bond donors (Lipinski definition) is 2. The molecule has 3 rings (SSSR count). The molecular weight excluding hydrogens is 425 g/mol. The Morgan fingerprint density at radius 2 is 1.83 bits per heavy atom. The largest absolute Gasteiger partial charge is 0.504 e. The molecule has 30 heavy (non-hydrogen) atoms. The third kappa shape index (κ3) is 5.11. The first-order chi connectivity index (χ1) is 14.3. The van der Waals surface area contributed by atoms with Crippen LogP contribution in [0.2, 0.25) is 10.0 Å². The van der Waals surface area contributed by atoms with E-state index >= 15 is 0 Å². The molecule has 0 aliphatic heterocycles. The summed E-state index contributed by atoms with van der Waals surface area (Å²) in [7, 11) is 5.86. The fourth-order valence-electron chi connectivity index (χ4n) is 2.99. The van der Waals surface area contributed by atoms with Crippen molar-refractivity contribution in [2.24, 2.45) is 0 Å². The molecule has 0 atom stereocenters. The molecule has 0 bridgehead atoms. The number of nitrogens with zero attached hydrogens (tertiary/aromatic N) is 4. The van der Waals surface area contributed by atoms with E-state index in [2.05, 4.69) is 20.2 Å². The number of nitrogens with one attached hydrogen (secondary N) is 1. The van der Waals surface area contributed by atoms with Crippen LogP contribution in [-0.2, 0) is 6.54 Å². The molecule has 2 aromatic heterocycles. The zero-order chi connectivity index (χ0) is 21.8. The number of aromatic nitrogens is 2. The van der Waals surface area contributed by atoms with E-state index in [9.17, 15) is 9.90 Å². The maximum absolute atomic E-state index is 12.8. The Kier molecular flexibility index (Phi) is 6.97. The van der Waals surface area contributed by atoms with Gasteiger partial charge in [0.1, 0.15) is 11.3 Å². The van der Waals surface area contributed by atoms with Crippen molar-refractivity contribution in [3.05, 3.63) is 57.8 Å². The SMILES string of the molecule is CN(C)CCN(C)c1nc(C(=O)NCc2cc(Cl)cc(Cl)c2)c(O)c2ncccc12. The van der Waals surface area contributed by atoms with Crippen LogP contribution in [0, 0.1) is 0 Å². The summed E-state index contributed by atoms with van der Waals surface area (Å²) in [5, 5.41) is 15.1. The summed E-state index contributed by atoms with van der Waals surface area (Å²) in [6, 6.07) is 8.64. The van der Waals surface area contributed by atoms with Gasteiger partial charge in [-0.15, -0.1) is 0 Å². The fraction of sp³-hybridized carbons (Fsp3) is 0.286. The quantitative estimate of drug-likeness (QED) is 0.575. The first kappa shape index (κ1) is 22.1. The average molecular weight is 448 g/mol. The van der Waals surface area contributed by atoms with Crippen molar-refractivity contribution >= 4 is 45.8 Å². The van der Waals surface area contributed by atoms with E-state index in [0.29, 0.717) is 33.3 Å². The smallest absolute Gasteiger partial charge is 0.274 e. The highest BCUT2D eigenvalue weighted by Gasteiger charge is 2.21. The zero-order valence-corrected chi connectivity index (χ0v) is 18.5. The van der Waals surface area contributed by atoms with E-state index in [4.69, 9.17) is 23.2 Å². The molecule has 1 aromatic carbocycles. The number of rotatable bonds is 7. The first-order valence-electron chi connectivity index (χ1n) is 9.33. The van der Waals surface area contributed by atoms with Gasteiger partial charge in [0.2, 0.25) is 0 Å². The van der Waals surface area contributed by atoms with Gasteiger partial charge in [0.25, 0.3) is 5.91 Å². The Labute approximate surface area is 185 Å². The van der Waals surface area contributed by atoms with Crippen LogP contribution < -0.4 is 10.2 Å². The van der Waals surface area contributed by atoms with Crippen molar-refractivity contribution in [3.8, 4) is 5.75 Å². The molecule has 0 saturated carbocycles. The van der Waals surface area contributed by atoms with Gasteiger partial charge in [-0.3, -0.25) is 9.78 Å². The van der Waals surface area contributed by atoms with Crippen LogP contribution >= 0.6 is 23.2 Å². The lowest BCUT2D eigenvalue weighted by molar-refractivity contribution is 0.0943. The molecule has 3 aromatic rings. The van der Waals surface area contributed by atoms with Crippen LogP contribution in [0.4, 0.5) is 5.82 Å². The molecule has 0 radical (unpaired) electrons. The second-order valence-corrected chi connectivity index (χ2v) is 8.09. The third-order valence-corrected chi connectivity index (χ3v) is 4.99. The standard InChI is InChI=1S/C21H23Cl2N5O2/c1-27(2)7-8-28(3)20-16-5-4-6-24-17(16)19(29)18(26-20)21(30)25-12-13-9-14(22)11-15(23)10-13/h4-6,9-11,29H,7-8,12H2,1-3H3,(H,25,30). The number of aromatic hydroxyl groups is 1. The number of benzene rings is 1. The monoisotopic (exact) mass is 447 g/mol. The number of hydrogen-bond acceptors (Lipinski definition) is 6. The van der Waals surface area contributed by atoms with Crippen LogP contribution in [-0.4, -0.2) is 60.1 Å². The Morgan fingerprint density at radius 3 is 2.50 bits per heavy atom. The minimum Gasteiger partial charge on any atom is -0.504 e. The molecule has 1 amide bonds. The number of pyridine rings is 2. The van der Waals surface area contributed by atoms with Gasteiger partial charge in [-0.2, -0.15) is 0 Å². The highest BCUT2D eigenvalue weighted by atomic mass is 35.5. The van der Waals surface area contributed by atoms with Crippen molar-refractivity contribution in [1.82, 2.24) is 20.2 Å². The van der Waals surface area contributed by atoms with Gasteiger partial charge >= 0.3 is 0 Å². The molecule has 7 nitrogen and oxygen atoms in total. The van der Waals surface area contributed by atoms with E-state index in [1.807, 2.05) is 32.1 Å². The molecule has 2 heterocycles. The molecule has 2 N–H and O–H groups in total. The molecule has 0 unspecified atom stereocenters. The van der Waals surface area contributed by atoms with Crippen LogP contribution in [0.5, 0.6) is 5.75 Å². The summed E-state index contributed by atoms with van der Waals surface area (Å²) in [6.07, 6.45) is 1.57. The van der Waals surface area contributed by atoms with Gasteiger partial charge in [-0.05, 0) is 50.0 Å². The molecule has 0 spiro atoms. The molecule has 0 fully saturated rings. The van der Waals surface area contributed by atoms with Crippen LogP contribution in [0.15, 0.2) is 36.5 Å². The molecule has 0 saturated heterocycles. The lowest BCUT2D eigenvalue weighted by Crippen LogP contribution is -2.30. The van der Waals surface area contributed by atoms with Gasteiger partial charge < -0.3 is 20.2 Å². The summed E-state index contributed by atoms with van der Waals surface area (Å²) in [5.74, 6) is -0.191. The Hall–Kier alpha value is -2.61. The van der Waals surface area contributed by atoms with Crippen LogP contribution in [0.25, 0.3) is 10.9 Å². The molecule has 0 aliphatic carbocycles. The molecular formula is C21H23Cl2N5O2. The Morgan fingerprint density at radius 1 is 1.13 bits per heavy atom. The zero-order valence-electron chi connectivity index (χ0n) is 17.0. The molecule has 9 heteroatoms. The normalized spacial score (nSPS) is 11.1. The number of likely N-dealkylation sites (N-methyl/N-ethyl adjacent to an activating group) is 2. The summed E-state index contributed by atoms with van der Waals surface area (Å²) in [5.41, 5.74) is 0.985. The van der Waals surface area contributed by atoms with Crippen LogP contribution in [0.3, 0.4) is 0 Å². The summed E-state index contributed by atoms with van der Waals surface area (Å²) < 4.78 is 0. The van der Waals surface area contributed by atoms with E-state index < -0.39 is 5.91 Å². The van der Waals surface area contributed by atoms with E-state index in [1.54, 1.807) is 30.5 Å². The van der Waals surface area contributed by atoms with Gasteiger partial charge in [0, 0.05) is 48.3 Å². The number of anilines is 1. The van der Waals surface area contributed by atoms with Gasteiger partial charge in [-0.1, -0.05) is 23.2 Å². The number of carbonyl (C=O) groups excluding carboxylic acids is 1. The highest BCUT2D eigenvalue weighted by Crippen LogP contribution is 2.32. The number of fused-ring (bicyclic) bond motifs is 1. The van der Waals surface area contributed by atoms with Gasteiger partial charge in [0.15, 0.2) is 11.4 Å². The van der Waals surface area contributed by atoms with Crippen molar-refractivity contribution in [3.63, 3.8) is 0 Å². The second kappa shape index (κ2) is 9.47. The van der Waals surface area contributed by atoms with E-state index in [1.165, 1.54) is 0 Å². The summed E-state index contributed by atoms with van der Waals surface area (Å²) in [6.45, 7) is 1.68. The molecule has 0 aliphatic rings. The highest BCUT2D eigenvalue weighted by molar-refractivity contribution is 6.34. The Balaban J connectivity index is 1.92. The number of carbonyl (C=O) groups is 1. The van der Waals surface area contributed by atoms with Crippen molar-refractivity contribution < 1.29 is 9.90 Å². The summed E-state index contributed by atoms with van der Waals surface area (Å²) >= 11 is 12.0. The lowest BCUT2D eigenvalue weighted by Gasteiger charge is -2.23. The lowest BCUT2D eigenvalue weighted by atomic mass is 10.1.